The topological polar surface area (TPSA) is 88.9 Å². The molecule has 0 spiro atoms. The van der Waals surface area contributed by atoms with E-state index in [0.717, 1.165) is 17.0 Å². The zero-order valence-electron chi connectivity index (χ0n) is 22.7. The molecule has 2 aliphatic rings. The number of benzene rings is 2. The first-order chi connectivity index (χ1) is 18.8. The zero-order valence-corrected chi connectivity index (χ0v) is 23.5. The number of carbonyl (C=O) groups is 2. The van der Waals surface area contributed by atoms with Crippen molar-refractivity contribution in [3.63, 3.8) is 0 Å². The molecule has 0 radical (unpaired) electrons. The lowest BCUT2D eigenvalue weighted by Gasteiger charge is -2.37. The third-order valence-corrected chi connectivity index (χ3v) is 9.88. The maximum absolute atomic E-state index is 13.8. The monoisotopic (exact) mass is 549 g/mol. The molecule has 1 saturated heterocycles. The Morgan fingerprint density at radius 3 is 2.33 bits per heavy atom. The average Bonchev–Trinajstić information content (AvgIpc) is 3.27. The van der Waals surface area contributed by atoms with Crippen LogP contribution in [0.25, 0.3) is 0 Å². The first-order valence-electron chi connectivity index (χ1n) is 13.5. The third-order valence-electron chi connectivity index (χ3n) is 8.04. The van der Waals surface area contributed by atoms with Gasteiger partial charge in [0.05, 0.1) is 17.7 Å². The van der Waals surface area contributed by atoms with E-state index in [1.165, 1.54) is 3.97 Å². The van der Waals surface area contributed by atoms with Gasteiger partial charge in [-0.1, -0.05) is 37.3 Å². The summed E-state index contributed by atoms with van der Waals surface area (Å²) in [5.74, 6) is 0.225. The smallest absolute Gasteiger partial charge is 0.268 e. The fourth-order valence-corrected chi connectivity index (χ4v) is 7.68. The average molecular weight is 550 g/mol. The number of piperazine rings is 1. The molecule has 9 heteroatoms. The highest BCUT2D eigenvalue weighted by Gasteiger charge is 2.38. The van der Waals surface area contributed by atoms with Crippen LogP contribution in [0.3, 0.4) is 0 Å². The Morgan fingerprint density at radius 2 is 1.67 bits per heavy atom. The summed E-state index contributed by atoms with van der Waals surface area (Å²) in [4.78, 5) is 31.3. The molecule has 1 aliphatic carbocycles. The Bertz CT molecular complexity index is 1490. The number of amides is 1. The minimum absolute atomic E-state index is 0.0254. The molecule has 1 aliphatic heterocycles. The van der Waals surface area contributed by atoms with Gasteiger partial charge in [0, 0.05) is 55.5 Å². The van der Waals surface area contributed by atoms with Gasteiger partial charge in [0.2, 0.25) is 5.91 Å². The SMILES string of the molecule is CCc1c2c(n(S(=O)(=O)c3ccccc3)c1C)CCC(CC(=O)N1CCN(c3ccccc3OC)CC1)C2=O. The van der Waals surface area contributed by atoms with E-state index >= 15 is 0 Å². The molecule has 206 valence electrons. The molecular formula is C30H35N3O5S. The standard InChI is InChI=1S/C30H35N3O5S/c1-4-24-21(2)33(39(36,37)23-10-6-5-7-11-23)26-15-14-22(30(35)29(24)26)20-28(34)32-18-16-31(17-19-32)25-12-8-9-13-27(25)38-3/h5-13,22H,4,14-20H2,1-3H3. The maximum Gasteiger partial charge on any atom is 0.268 e. The Kier molecular flexibility index (Phi) is 7.53. The number of Topliss-reactive ketones (excluding diaryl/α,β-unsaturated/α-hetero) is 1. The van der Waals surface area contributed by atoms with Gasteiger partial charge in [0.25, 0.3) is 10.0 Å². The van der Waals surface area contributed by atoms with Gasteiger partial charge >= 0.3 is 0 Å². The van der Waals surface area contributed by atoms with Crippen LogP contribution in [0, 0.1) is 12.8 Å². The zero-order chi connectivity index (χ0) is 27.7. The van der Waals surface area contributed by atoms with E-state index in [1.807, 2.05) is 36.1 Å². The Morgan fingerprint density at radius 1 is 1.00 bits per heavy atom. The summed E-state index contributed by atoms with van der Waals surface area (Å²) in [7, 11) is -2.18. The molecule has 0 saturated carbocycles. The number of aromatic nitrogens is 1. The second-order valence-corrected chi connectivity index (χ2v) is 12.0. The molecule has 3 aromatic rings. The summed E-state index contributed by atoms with van der Waals surface area (Å²) in [5.41, 5.74) is 3.41. The Labute approximate surface area is 230 Å². The van der Waals surface area contributed by atoms with Crippen LogP contribution in [-0.2, 0) is 27.7 Å². The van der Waals surface area contributed by atoms with E-state index in [4.69, 9.17) is 4.74 Å². The number of para-hydroxylation sites is 2. The lowest BCUT2D eigenvalue weighted by molar-refractivity contribution is -0.132. The molecule has 1 atom stereocenters. The normalized spacial score (nSPS) is 17.7. The Hall–Kier alpha value is -3.59. The number of rotatable bonds is 7. The lowest BCUT2D eigenvalue weighted by Crippen LogP contribution is -2.49. The molecule has 1 amide bonds. The summed E-state index contributed by atoms with van der Waals surface area (Å²) < 4.78 is 34.0. The maximum atomic E-state index is 13.8. The number of fused-ring (bicyclic) bond motifs is 1. The minimum atomic E-state index is -3.84. The highest BCUT2D eigenvalue weighted by Crippen LogP contribution is 2.37. The number of ether oxygens (including phenoxy) is 1. The van der Waals surface area contributed by atoms with E-state index < -0.39 is 15.9 Å². The summed E-state index contributed by atoms with van der Waals surface area (Å²) in [6.45, 7) is 6.24. The summed E-state index contributed by atoms with van der Waals surface area (Å²) >= 11 is 0. The van der Waals surface area contributed by atoms with Gasteiger partial charge in [-0.15, -0.1) is 0 Å². The molecule has 1 unspecified atom stereocenters. The quantitative estimate of drug-likeness (QED) is 0.441. The van der Waals surface area contributed by atoms with Crippen LogP contribution >= 0.6 is 0 Å². The van der Waals surface area contributed by atoms with Gasteiger partial charge in [-0.25, -0.2) is 12.4 Å². The van der Waals surface area contributed by atoms with Crippen molar-refractivity contribution in [2.45, 2.75) is 44.4 Å². The predicted molar refractivity (Wildman–Crippen MR) is 150 cm³/mol. The second kappa shape index (κ2) is 10.9. The van der Waals surface area contributed by atoms with Crippen LogP contribution in [0.15, 0.2) is 59.5 Å². The summed E-state index contributed by atoms with van der Waals surface area (Å²) in [5, 5.41) is 0. The van der Waals surface area contributed by atoms with Crippen molar-refractivity contribution in [3.05, 3.63) is 77.1 Å². The lowest BCUT2D eigenvalue weighted by atomic mass is 9.82. The number of hydrogen-bond donors (Lipinski definition) is 0. The fourth-order valence-electron chi connectivity index (χ4n) is 6.02. The molecule has 1 aromatic heterocycles. The Balaban J connectivity index is 1.32. The number of ketones is 1. The number of methoxy groups -OCH3 is 1. The number of anilines is 1. The fraction of sp³-hybridized carbons (Fsp3) is 0.400. The highest BCUT2D eigenvalue weighted by molar-refractivity contribution is 7.90. The summed E-state index contributed by atoms with van der Waals surface area (Å²) in [6.07, 6.45) is 1.58. The van der Waals surface area contributed by atoms with Crippen molar-refractivity contribution in [1.82, 2.24) is 8.87 Å². The van der Waals surface area contributed by atoms with Gasteiger partial charge in [-0.05, 0) is 56.0 Å². The van der Waals surface area contributed by atoms with Crippen LogP contribution < -0.4 is 9.64 Å². The van der Waals surface area contributed by atoms with Crippen molar-refractivity contribution in [3.8, 4) is 5.75 Å². The molecule has 39 heavy (non-hydrogen) atoms. The predicted octanol–water partition coefficient (Wildman–Crippen LogP) is 4.09. The number of hydrogen-bond acceptors (Lipinski definition) is 6. The van der Waals surface area contributed by atoms with Gasteiger partial charge in [-0.2, -0.15) is 0 Å². The molecule has 2 aromatic carbocycles. The van der Waals surface area contributed by atoms with Crippen molar-refractivity contribution < 1.29 is 22.7 Å². The summed E-state index contributed by atoms with van der Waals surface area (Å²) in [6, 6.07) is 16.2. The van der Waals surface area contributed by atoms with E-state index in [-0.39, 0.29) is 23.0 Å². The van der Waals surface area contributed by atoms with E-state index in [1.54, 1.807) is 44.4 Å². The minimum Gasteiger partial charge on any atom is -0.495 e. The van der Waals surface area contributed by atoms with E-state index in [9.17, 15) is 18.0 Å². The first-order valence-corrected chi connectivity index (χ1v) is 15.0. The van der Waals surface area contributed by atoms with Gasteiger partial charge in [-0.3, -0.25) is 9.59 Å². The largest absolute Gasteiger partial charge is 0.495 e. The molecule has 5 rings (SSSR count). The van der Waals surface area contributed by atoms with Gasteiger partial charge < -0.3 is 14.5 Å². The molecule has 0 bridgehead atoms. The van der Waals surface area contributed by atoms with E-state index in [2.05, 4.69) is 4.90 Å². The van der Waals surface area contributed by atoms with Crippen LogP contribution in [0.5, 0.6) is 5.75 Å². The van der Waals surface area contributed by atoms with Crippen LogP contribution in [-0.4, -0.2) is 62.3 Å². The van der Waals surface area contributed by atoms with E-state index in [0.29, 0.717) is 62.4 Å². The van der Waals surface area contributed by atoms with Crippen molar-refractivity contribution in [2.24, 2.45) is 5.92 Å². The van der Waals surface area contributed by atoms with Gasteiger partial charge in [0.15, 0.2) is 5.78 Å². The van der Waals surface area contributed by atoms with Crippen LogP contribution in [0.2, 0.25) is 0 Å². The second-order valence-electron chi connectivity index (χ2n) is 10.2. The van der Waals surface area contributed by atoms with Crippen molar-refractivity contribution in [2.75, 3.05) is 38.2 Å². The molecule has 0 N–H and O–H groups in total. The highest BCUT2D eigenvalue weighted by atomic mass is 32.2. The molecule has 8 nitrogen and oxygen atoms in total. The number of carbonyl (C=O) groups excluding carboxylic acids is 2. The van der Waals surface area contributed by atoms with Gasteiger partial charge in [0.1, 0.15) is 5.75 Å². The number of nitrogens with zero attached hydrogens (tertiary/aromatic N) is 3. The van der Waals surface area contributed by atoms with Crippen LogP contribution in [0.1, 0.15) is 47.1 Å². The third kappa shape index (κ3) is 4.84. The molecule has 2 heterocycles. The molecular weight excluding hydrogens is 514 g/mol. The van der Waals surface area contributed by atoms with Crippen LogP contribution in [0.4, 0.5) is 5.69 Å². The molecule has 1 fully saturated rings. The first kappa shape index (κ1) is 27.0. The van der Waals surface area contributed by atoms with Crippen molar-refractivity contribution in [1.29, 1.82) is 0 Å². The van der Waals surface area contributed by atoms with Crippen molar-refractivity contribution >= 4 is 27.4 Å².